The van der Waals surface area contributed by atoms with E-state index in [1.165, 1.54) is 23.1 Å². The number of carbonyl (C=O) groups is 3. The van der Waals surface area contributed by atoms with Crippen molar-refractivity contribution in [1.29, 1.82) is 0 Å². The Morgan fingerprint density at radius 3 is 2.31 bits per heavy atom. The van der Waals surface area contributed by atoms with Gasteiger partial charge in [0.25, 0.3) is 11.7 Å². The highest BCUT2D eigenvalue weighted by atomic mass is 35.5. The van der Waals surface area contributed by atoms with E-state index in [4.69, 9.17) is 28.3 Å². The molecule has 168 valence electrons. The largest absolute Gasteiger partial charge is 0.507 e. The zero-order chi connectivity index (χ0) is 23.4. The Morgan fingerprint density at radius 1 is 1.00 bits per heavy atom. The maximum Gasteiger partial charge on any atom is 0.303 e. The molecule has 6 nitrogen and oxygen atoms in total. The van der Waals surface area contributed by atoms with Gasteiger partial charge < -0.3 is 15.1 Å². The molecule has 0 bridgehead atoms. The highest BCUT2D eigenvalue weighted by molar-refractivity contribution is 6.47. The average Bonchev–Trinajstić information content (AvgIpc) is 2.98. The summed E-state index contributed by atoms with van der Waals surface area (Å²) < 4.78 is 13.3. The Labute approximate surface area is 193 Å². The average molecular weight is 480 g/mol. The van der Waals surface area contributed by atoms with Crippen molar-refractivity contribution < 1.29 is 29.0 Å². The summed E-state index contributed by atoms with van der Waals surface area (Å²) in [6, 6.07) is 8.54. The van der Waals surface area contributed by atoms with Gasteiger partial charge in [-0.1, -0.05) is 35.7 Å². The van der Waals surface area contributed by atoms with E-state index in [0.29, 0.717) is 29.8 Å². The Hall–Kier alpha value is -2.90. The second kappa shape index (κ2) is 10.1. The van der Waals surface area contributed by atoms with Crippen molar-refractivity contribution in [3.05, 3.63) is 75.0 Å². The minimum absolute atomic E-state index is 0.00975. The summed E-state index contributed by atoms with van der Waals surface area (Å²) in [4.78, 5) is 37.8. The number of aliphatic hydroxyl groups excluding tert-OH is 1. The van der Waals surface area contributed by atoms with E-state index < -0.39 is 35.3 Å². The maximum absolute atomic E-state index is 13.3. The Bertz CT molecular complexity index is 1080. The number of carboxylic acid groups (broad SMARTS) is 1. The zero-order valence-corrected chi connectivity index (χ0v) is 18.4. The number of rotatable bonds is 8. The maximum atomic E-state index is 13.3. The number of halogens is 3. The van der Waals surface area contributed by atoms with Crippen LogP contribution < -0.4 is 0 Å². The zero-order valence-electron chi connectivity index (χ0n) is 16.9. The number of Topliss-reactive ketones (excluding diaryl/α,β-unsaturated/α-hetero) is 1. The first kappa shape index (κ1) is 23.8. The highest BCUT2D eigenvalue weighted by Gasteiger charge is 2.46. The molecule has 1 atom stereocenters. The third kappa shape index (κ3) is 5.11. The van der Waals surface area contributed by atoms with Crippen LogP contribution in [0.2, 0.25) is 10.0 Å². The van der Waals surface area contributed by atoms with Crippen molar-refractivity contribution in [2.45, 2.75) is 31.7 Å². The van der Waals surface area contributed by atoms with E-state index in [2.05, 4.69) is 0 Å². The van der Waals surface area contributed by atoms with Crippen LogP contribution in [0.3, 0.4) is 0 Å². The van der Waals surface area contributed by atoms with Crippen LogP contribution in [-0.4, -0.2) is 39.3 Å². The van der Waals surface area contributed by atoms with E-state index in [9.17, 15) is 23.9 Å². The molecule has 1 saturated heterocycles. The fraction of sp³-hybridized carbons (Fsp3) is 0.261. The van der Waals surface area contributed by atoms with Gasteiger partial charge in [0.1, 0.15) is 11.6 Å². The molecule has 0 aromatic heterocycles. The molecule has 2 N–H and O–H groups in total. The number of benzene rings is 2. The number of carboxylic acids is 1. The van der Waals surface area contributed by atoms with Crippen LogP contribution in [0.15, 0.2) is 48.0 Å². The predicted molar refractivity (Wildman–Crippen MR) is 118 cm³/mol. The number of aliphatic carboxylic acids is 1. The minimum atomic E-state index is -0.968. The molecule has 2 aromatic carbocycles. The van der Waals surface area contributed by atoms with E-state index in [1.807, 2.05) is 0 Å². The summed E-state index contributed by atoms with van der Waals surface area (Å²) in [7, 11) is 0. The van der Waals surface area contributed by atoms with E-state index >= 15 is 0 Å². The van der Waals surface area contributed by atoms with Gasteiger partial charge in [-0.25, -0.2) is 4.39 Å². The predicted octanol–water partition coefficient (Wildman–Crippen LogP) is 5.20. The van der Waals surface area contributed by atoms with Crippen LogP contribution in [0, 0.1) is 5.82 Å². The first-order valence-electron chi connectivity index (χ1n) is 9.91. The van der Waals surface area contributed by atoms with E-state index in [1.54, 1.807) is 12.1 Å². The van der Waals surface area contributed by atoms with Crippen molar-refractivity contribution in [3.63, 3.8) is 0 Å². The molecule has 1 fully saturated rings. The SMILES string of the molecule is O=C(O)CCCCCN1C(=O)C(=O)C(=C(O)c2ccc(F)cc2)[C@H]1c1ccc(Cl)cc1Cl. The summed E-state index contributed by atoms with van der Waals surface area (Å²) in [5.74, 6) is -3.54. The van der Waals surface area contributed by atoms with Gasteiger partial charge >= 0.3 is 5.97 Å². The number of hydrogen-bond donors (Lipinski definition) is 2. The molecular weight excluding hydrogens is 460 g/mol. The Morgan fingerprint density at radius 2 is 1.69 bits per heavy atom. The minimum Gasteiger partial charge on any atom is -0.507 e. The van der Waals surface area contributed by atoms with Crippen LogP contribution in [-0.2, 0) is 14.4 Å². The first-order chi connectivity index (χ1) is 15.2. The number of aliphatic hydroxyl groups is 1. The second-order valence-corrected chi connectivity index (χ2v) is 8.21. The fourth-order valence-electron chi connectivity index (χ4n) is 3.66. The van der Waals surface area contributed by atoms with Crippen molar-refractivity contribution in [1.82, 2.24) is 4.90 Å². The topological polar surface area (TPSA) is 94.9 Å². The smallest absolute Gasteiger partial charge is 0.303 e. The van der Waals surface area contributed by atoms with Crippen molar-refractivity contribution in [2.24, 2.45) is 0 Å². The Kier molecular flexibility index (Phi) is 7.53. The summed E-state index contributed by atoms with van der Waals surface area (Å²) in [6.45, 7) is 0.161. The van der Waals surface area contributed by atoms with Crippen LogP contribution in [0.1, 0.15) is 42.9 Å². The molecule has 9 heteroatoms. The standard InChI is InChI=1S/C23H20Cl2FNO5/c24-14-7-10-16(17(25)12-14)20-19(21(30)13-5-8-15(26)9-6-13)22(31)23(32)27(20)11-3-1-2-4-18(28)29/h5-10,12,20,30H,1-4,11H2,(H,28,29)/t20-/m1/s1. The number of carbonyl (C=O) groups excluding carboxylic acids is 2. The van der Waals surface area contributed by atoms with Crippen molar-refractivity contribution in [2.75, 3.05) is 6.54 Å². The number of ketones is 1. The van der Waals surface area contributed by atoms with Gasteiger partial charge in [0.2, 0.25) is 0 Å². The van der Waals surface area contributed by atoms with Gasteiger partial charge in [0, 0.05) is 28.6 Å². The lowest BCUT2D eigenvalue weighted by atomic mass is 9.95. The van der Waals surface area contributed by atoms with Crippen LogP contribution in [0.4, 0.5) is 4.39 Å². The molecule has 0 aliphatic carbocycles. The molecule has 3 rings (SSSR count). The molecule has 0 spiro atoms. The lowest BCUT2D eigenvalue weighted by Crippen LogP contribution is -2.30. The molecule has 1 amide bonds. The van der Waals surface area contributed by atoms with E-state index in [-0.39, 0.29) is 29.1 Å². The van der Waals surface area contributed by atoms with Gasteiger partial charge in [0.05, 0.1) is 11.6 Å². The second-order valence-electron chi connectivity index (χ2n) is 7.37. The third-order valence-electron chi connectivity index (χ3n) is 5.20. The molecule has 1 aliphatic heterocycles. The molecule has 0 radical (unpaired) electrons. The first-order valence-corrected chi connectivity index (χ1v) is 10.7. The summed E-state index contributed by atoms with van der Waals surface area (Å²) in [6.07, 6.45) is 1.43. The molecule has 0 saturated carbocycles. The lowest BCUT2D eigenvalue weighted by Gasteiger charge is -2.26. The molecule has 2 aromatic rings. The van der Waals surface area contributed by atoms with Crippen molar-refractivity contribution >= 4 is 46.6 Å². The van der Waals surface area contributed by atoms with E-state index in [0.717, 1.165) is 12.1 Å². The van der Waals surface area contributed by atoms with Gasteiger partial charge in [0.15, 0.2) is 0 Å². The summed E-state index contributed by atoms with van der Waals surface area (Å²) in [5.41, 5.74) is 0.432. The quantitative estimate of drug-likeness (QED) is 0.235. The van der Waals surface area contributed by atoms with Gasteiger partial charge in [-0.05, 0) is 54.8 Å². The number of unbranched alkanes of at least 4 members (excludes halogenated alkanes) is 2. The molecule has 1 aliphatic rings. The molecule has 1 heterocycles. The monoisotopic (exact) mass is 479 g/mol. The summed E-state index contributed by atoms with van der Waals surface area (Å²) in [5, 5.41) is 20.2. The normalized spacial score (nSPS) is 17.7. The number of likely N-dealkylation sites (tertiary alicyclic amines) is 1. The van der Waals surface area contributed by atoms with Crippen LogP contribution >= 0.6 is 23.2 Å². The molecular formula is C23H20Cl2FNO5. The fourth-order valence-corrected chi connectivity index (χ4v) is 4.17. The lowest BCUT2D eigenvalue weighted by molar-refractivity contribution is -0.140. The summed E-state index contributed by atoms with van der Waals surface area (Å²) >= 11 is 12.4. The molecule has 0 unspecified atom stereocenters. The number of amides is 1. The molecule has 32 heavy (non-hydrogen) atoms. The third-order valence-corrected chi connectivity index (χ3v) is 5.77. The van der Waals surface area contributed by atoms with Gasteiger partial charge in [-0.15, -0.1) is 0 Å². The van der Waals surface area contributed by atoms with Crippen molar-refractivity contribution in [3.8, 4) is 0 Å². The van der Waals surface area contributed by atoms with Gasteiger partial charge in [-0.2, -0.15) is 0 Å². The number of nitrogens with zero attached hydrogens (tertiary/aromatic N) is 1. The number of hydrogen-bond acceptors (Lipinski definition) is 4. The van der Waals surface area contributed by atoms with Crippen LogP contribution in [0.25, 0.3) is 5.76 Å². The Balaban J connectivity index is 2.02. The highest BCUT2D eigenvalue weighted by Crippen LogP contribution is 2.42. The van der Waals surface area contributed by atoms with Crippen LogP contribution in [0.5, 0.6) is 0 Å². The van der Waals surface area contributed by atoms with Gasteiger partial charge in [-0.3, -0.25) is 14.4 Å².